The summed E-state index contributed by atoms with van der Waals surface area (Å²) in [7, 11) is -4.60. The van der Waals surface area contributed by atoms with Crippen LogP contribution in [0.25, 0.3) is 11.0 Å². The number of carbonyl (C=O) groups excluding carboxylic acids is 1. The highest BCUT2D eigenvalue weighted by Crippen LogP contribution is 2.54. The number of sulfonamides is 1. The number of H-pyrrole nitrogens is 1. The lowest BCUT2D eigenvalue weighted by Crippen LogP contribution is -2.54. The molecular formula is C45H52N8O7S. The predicted octanol–water partition coefficient (Wildman–Crippen LogP) is 7.76. The molecule has 6 heterocycles. The van der Waals surface area contributed by atoms with Gasteiger partial charge in [-0.1, -0.05) is 31.2 Å². The number of piperidine rings is 1. The lowest BCUT2D eigenvalue weighted by atomic mass is 9.59. The molecule has 1 spiro atoms. The second kappa shape index (κ2) is 17.1. The third kappa shape index (κ3) is 8.53. The predicted molar refractivity (Wildman–Crippen MR) is 232 cm³/mol. The maximum Gasteiger partial charge on any atom is 0.312 e. The fourth-order valence-corrected chi connectivity index (χ4v) is 10.9. The first-order chi connectivity index (χ1) is 29.6. The number of amides is 1. The minimum absolute atomic E-state index is 0.0289. The Morgan fingerprint density at radius 2 is 1.82 bits per heavy atom. The van der Waals surface area contributed by atoms with Gasteiger partial charge >= 0.3 is 5.69 Å². The zero-order chi connectivity index (χ0) is 42.1. The molecule has 1 saturated carbocycles. The van der Waals surface area contributed by atoms with Crippen LogP contribution in [0, 0.1) is 21.4 Å². The van der Waals surface area contributed by atoms with Gasteiger partial charge in [-0.05, 0) is 111 Å². The van der Waals surface area contributed by atoms with E-state index in [2.05, 4.69) is 66.0 Å². The van der Waals surface area contributed by atoms with E-state index in [-0.39, 0.29) is 23.0 Å². The quantitative estimate of drug-likeness (QED) is 0.0774. The summed E-state index contributed by atoms with van der Waals surface area (Å²) >= 11 is 0. The van der Waals surface area contributed by atoms with Crippen LogP contribution in [0.2, 0.25) is 0 Å². The van der Waals surface area contributed by atoms with Crippen molar-refractivity contribution in [1.82, 2.24) is 24.6 Å². The number of anilines is 2. The van der Waals surface area contributed by atoms with Gasteiger partial charge in [0, 0.05) is 74.3 Å². The molecule has 15 nitrogen and oxygen atoms in total. The maximum atomic E-state index is 13.9. The van der Waals surface area contributed by atoms with Crippen molar-refractivity contribution in [3.05, 3.63) is 106 Å². The Morgan fingerprint density at radius 3 is 2.61 bits per heavy atom. The Labute approximate surface area is 355 Å². The number of hydrogen-bond donors (Lipinski definition) is 3. The van der Waals surface area contributed by atoms with Gasteiger partial charge in [0.1, 0.15) is 22.0 Å². The van der Waals surface area contributed by atoms with E-state index in [1.165, 1.54) is 43.0 Å². The average molecular weight is 849 g/mol. The molecule has 4 aliphatic rings. The van der Waals surface area contributed by atoms with Crippen LogP contribution in [-0.2, 0) is 21.2 Å². The number of rotatable bonds is 13. The number of benzene rings is 2. The first-order valence-corrected chi connectivity index (χ1v) is 22.9. The summed E-state index contributed by atoms with van der Waals surface area (Å²) in [5.41, 5.74) is 4.26. The lowest BCUT2D eigenvalue weighted by Gasteiger charge is -2.56. The van der Waals surface area contributed by atoms with E-state index < -0.39 is 31.4 Å². The van der Waals surface area contributed by atoms with Crippen molar-refractivity contribution in [1.29, 1.82) is 0 Å². The number of ether oxygens (including phenoxy) is 2. The number of likely N-dealkylation sites (tertiary alicyclic amines) is 1. The lowest BCUT2D eigenvalue weighted by molar-refractivity contribution is -0.384. The Balaban J connectivity index is 0.905. The smallest absolute Gasteiger partial charge is 0.312 e. The summed E-state index contributed by atoms with van der Waals surface area (Å²) in [4.78, 5) is 41.4. The van der Waals surface area contributed by atoms with Gasteiger partial charge in [-0.2, -0.15) is 0 Å². The van der Waals surface area contributed by atoms with Crippen LogP contribution in [0.5, 0.6) is 11.5 Å². The van der Waals surface area contributed by atoms with Gasteiger partial charge in [0.15, 0.2) is 0 Å². The van der Waals surface area contributed by atoms with E-state index >= 15 is 0 Å². The molecule has 3 aromatic heterocycles. The second-order valence-electron chi connectivity index (χ2n) is 17.0. The van der Waals surface area contributed by atoms with Crippen LogP contribution >= 0.6 is 0 Å². The van der Waals surface area contributed by atoms with Gasteiger partial charge in [-0.25, -0.2) is 23.1 Å². The zero-order valence-corrected chi connectivity index (χ0v) is 35.2. The van der Waals surface area contributed by atoms with E-state index in [1.807, 2.05) is 12.1 Å². The molecule has 320 valence electrons. The molecular weight excluding hydrogens is 797 g/mol. The first kappa shape index (κ1) is 40.8. The number of carbonyl (C=O) groups is 1. The molecule has 3 N–H and O–H groups in total. The topological polar surface area (TPSA) is 185 Å². The van der Waals surface area contributed by atoms with E-state index in [9.17, 15) is 23.3 Å². The minimum atomic E-state index is -4.60. The largest absolute Gasteiger partial charge is 0.455 e. The Kier molecular flexibility index (Phi) is 11.4. The monoisotopic (exact) mass is 848 g/mol. The number of pyridine rings is 2. The third-order valence-electron chi connectivity index (χ3n) is 13.4. The highest BCUT2D eigenvalue weighted by atomic mass is 32.2. The first-order valence-electron chi connectivity index (χ1n) is 21.4. The molecule has 1 aliphatic carbocycles. The number of hydrogen-bond acceptors (Lipinski definition) is 12. The molecule has 4 fully saturated rings. The van der Waals surface area contributed by atoms with Gasteiger partial charge in [0.2, 0.25) is 5.82 Å². The van der Waals surface area contributed by atoms with Crippen LogP contribution in [0.4, 0.5) is 17.2 Å². The highest BCUT2D eigenvalue weighted by Gasteiger charge is 2.50. The molecule has 1 atom stereocenters. The van der Waals surface area contributed by atoms with Gasteiger partial charge in [0.05, 0.1) is 22.9 Å². The molecule has 2 aromatic carbocycles. The van der Waals surface area contributed by atoms with E-state index in [4.69, 9.17) is 9.47 Å². The zero-order valence-electron chi connectivity index (χ0n) is 34.3. The van der Waals surface area contributed by atoms with Crippen molar-refractivity contribution in [3.63, 3.8) is 0 Å². The molecule has 0 unspecified atom stereocenters. The van der Waals surface area contributed by atoms with Crippen molar-refractivity contribution < 1.29 is 27.6 Å². The summed E-state index contributed by atoms with van der Waals surface area (Å²) in [5.74, 6) is -0.247. The van der Waals surface area contributed by atoms with Crippen molar-refractivity contribution in [2.75, 3.05) is 49.6 Å². The maximum absolute atomic E-state index is 13.9. The average Bonchev–Trinajstić information content (AvgIpc) is 3.95. The molecule has 9 rings (SSSR count). The van der Waals surface area contributed by atoms with Gasteiger partial charge in [-0.3, -0.25) is 19.8 Å². The molecule has 5 aromatic rings. The van der Waals surface area contributed by atoms with E-state index in [0.29, 0.717) is 48.7 Å². The third-order valence-corrected chi connectivity index (χ3v) is 14.7. The number of aryl methyl sites for hydroxylation is 1. The molecule has 61 heavy (non-hydrogen) atoms. The standard InChI is InChI=1S/C45H52N8O7S/c1-2-31-6-3-4-7-37(31)39-8-5-17-52(39)34-25-45(26-34)14-18-51(19-15-45)33-9-10-38(41(23-33)60-35-22-32-11-16-46-42(32)48-28-35)44(54)50-61(57,58)36-24-40(53(55)56)43(49-29-36)47-27-30-12-20-59-21-13-30/h3-4,6-7,9-11,16,22-24,28-30,34,39H,2,5,8,12-15,17-21,25-27H2,1H3,(H,46,48)(H,47,49)(H,50,54)/t39-/m1/s1. The summed E-state index contributed by atoms with van der Waals surface area (Å²) < 4.78 is 41.1. The summed E-state index contributed by atoms with van der Waals surface area (Å²) in [6.45, 7) is 6.74. The Morgan fingerprint density at radius 1 is 1.02 bits per heavy atom. The van der Waals surface area contributed by atoms with Crippen molar-refractivity contribution in [3.8, 4) is 11.5 Å². The number of fused-ring (bicyclic) bond motifs is 1. The molecule has 3 aliphatic heterocycles. The molecule has 0 radical (unpaired) electrons. The van der Waals surface area contributed by atoms with Gasteiger partial charge < -0.3 is 24.7 Å². The fourth-order valence-electron chi connectivity index (χ4n) is 9.93. The summed E-state index contributed by atoms with van der Waals surface area (Å²) in [6, 6.07) is 19.7. The van der Waals surface area contributed by atoms with Crippen LogP contribution in [0.15, 0.2) is 84.1 Å². The van der Waals surface area contributed by atoms with Gasteiger partial charge in [-0.15, -0.1) is 0 Å². The van der Waals surface area contributed by atoms with Crippen LogP contribution in [0.1, 0.15) is 85.8 Å². The van der Waals surface area contributed by atoms with Crippen LogP contribution < -0.4 is 19.7 Å². The number of aromatic amines is 1. The van der Waals surface area contributed by atoms with Gasteiger partial charge in [0.25, 0.3) is 15.9 Å². The number of nitrogens with zero attached hydrogens (tertiary/aromatic N) is 5. The SMILES string of the molecule is CCc1ccccc1[C@H]1CCCN1C1CC2(CCN(c3ccc(C(=O)NS(=O)(=O)c4cnc(NCC5CCOCC5)c([N+](=O)[O-])c4)c(Oc4cnc5[nH]ccc5c4)c3)CC2)C1. The number of nitrogens with one attached hydrogen (secondary N) is 3. The molecule has 1 amide bonds. The minimum Gasteiger partial charge on any atom is -0.455 e. The Bertz CT molecular complexity index is 2530. The van der Waals surface area contributed by atoms with E-state index in [0.717, 1.165) is 75.1 Å². The number of aromatic nitrogens is 3. The molecule has 3 saturated heterocycles. The Hall–Kier alpha value is -5.58. The summed E-state index contributed by atoms with van der Waals surface area (Å²) in [5, 5.41) is 15.8. The van der Waals surface area contributed by atoms with Crippen LogP contribution in [-0.4, -0.2) is 84.5 Å². The van der Waals surface area contributed by atoms with Crippen LogP contribution in [0.3, 0.4) is 0 Å². The molecule has 0 bridgehead atoms. The van der Waals surface area contributed by atoms with Crippen molar-refractivity contribution in [2.24, 2.45) is 11.3 Å². The van der Waals surface area contributed by atoms with Crippen molar-refractivity contribution in [2.45, 2.75) is 81.7 Å². The molecule has 16 heteroatoms. The van der Waals surface area contributed by atoms with E-state index in [1.54, 1.807) is 24.4 Å². The normalized spacial score (nSPS) is 19.8. The second-order valence-corrected chi connectivity index (χ2v) is 18.7. The number of nitro groups is 1. The van der Waals surface area contributed by atoms with Crippen molar-refractivity contribution >= 4 is 44.2 Å². The summed E-state index contributed by atoms with van der Waals surface area (Å²) in [6.07, 6.45) is 14.0. The fraction of sp³-hybridized carbons (Fsp3) is 0.444. The highest BCUT2D eigenvalue weighted by molar-refractivity contribution is 7.90.